The number of aromatic hydroxyl groups is 2. The molecule has 2 N–H and O–H groups in total. The van der Waals surface area contributed by atoms with Crippen LogP contribution in [-0.4, -0.2) is 39.3 Å². The summed E-state index contributed by atoms with van der Waals surface area (Å²) in [5.41, 5.74) is 9.02. The molecule has 8 rings (SSSR count). The molecule has 0 saturated heterocycles. The van der Waals surface area contributed by atoms with E-state index in [1.54, 1.807) is 12.1 Å². The molecule has 0 spiro atoms. The summed E-state index contributed by atoms with van der Waals surface area (Å²) in [6, 6.07) is 32.0. The third-order valence-electron chi connectivity index (χ3n) is 9.36. The number of aromatic nitrogens is 6. The molecule has 0 fully saturated rings. The van der Waals surface area contributed by atoms with Crippen LogP contribution in [0.1, 0.15) is 50.7 Å². The zero-order chi connectivity index (χ0) is 33.5. The van der Waals surface area contributed by atoms with E-state index in [9.17, 15) is 10.2 Å². The third kappa shape index (κ3) is 5.63. The molecule has 8 aromatic rings. The number of benzene rings is 4. The van der Waals surface area contributed by atoms with Crippen molar-refractivity contribution in [2.45, 2.75) is 59.0 Å². The Bertz CT molecular complexity index is 2320. The zero-order valence-corrected chi connectivity index (χ0v) is 27.8. The number of phenolic OH excluding ortho intramolecular Hbond substituents is 2. The van der Waals surface area contributed by atoms with Gasteiger partial charge >= 0.3 is 0 Å². The first-order valence-corrected chi connectivity index (χ1v) is 17.2. The number of fused-ring (bicyclic) bond motifs is 4. The van der Waals surface area contributed by atoms with E-state index in [0.717, 1.165) is 101 Å². The van der Waals surface area contributed by atoms with E-state index >= 15 is 0 Å². The van der Waals surface area contributed by atoms with Crippen molar-refractivity contribution in [1.82, 2.24) is 29.1 Å². The number of rotatable bonds is 10. The zero-order valence-electron chi connectivity index (χ0n) is 27.8. The highest BCUT2D eigenvalue weighted by molar-refractivity contribution is 5.89. The predicted octanol–water partition coefficient (Wildman–Crippen LogP) is 9.42. The summed E-state index contributed by atoms with van der Waals surface area (Å²) < 4.78 is 4.52. The van der Waals surface area contributed by atoms with Crippen LogP contribution in [-0.2, 0) is 19.5 Å². The SMILES string of the molecule is CCCCn1c(-c2ccc3cccc(O)c3n2)nc2cc(Cc3ccc4c(c3)nc(-c3ccc5cccc(O)c5n3)n4CCCC)ccc21. The Morgan fingerprint density at radius 1 is 0.531 bits per heavy atom. The maximum atomic E-state index is 10.5. The predicted molar refractivity (Wildman–Crippen MR) is 197 cm³/mol. The van der Waals surface area contributed by atoms with Gasteiger partial charge in [-0.2, -0.15) is 0 Å². The molecule has 0 aliphatic rings. The third-order valence-corrected chi connectivity index (χ3v) is 9.36. The van der Waals surface area contributed by atoms with Crippen molar-refractivity contribution >= 4 is 43.9 Å². The Balaban J connectivity index is 1.15. The van der Waals surface area contributed by atoms with E-state index in [1.165, 1.54) is 11.1 Å². The summed E-state index contributed by atoms with van der Waals surface area (Å²) in [4.78, 5) is 19.9. The standard InChI is InChI=1S/C41H38N6O2/c1-3-5-21-46-34-19-13-26(24-32(34)44-40(46)30-17-15-28-9-7-11-36(48)38(28)42-30)23-27-14-20-35-33(25-27)45-41(47(35)22-6-4-2)31-18-16-29-10-8-12-37(49)39(29)43-31/h7-20,24-25,48-49H,3-6,21-23H2,1-2H3. The lowest BCUT2D eigenvalue weighted by atomic mass is 10.0. The van der Waals surface area contributed by atoms with Gasteiger partial charge in [0.2, 0.25) is 0 Å². The second kappa shape index (κ2) is 12.7. The van der Waals surface area contributed by atoms with Crippen LogP contribution in [0.2, 0.25) is 0 Å². The molecule has 0 saturated carbocycles. The topological polar surface area (TPSA) is 102 Å². The number of hydrogen-bond acceptors (Lipinski definition) is 6. The highest BCUT2D eigenvalue weighted by Crippen LogP contribution is 2.32. The Morgan fingerprint density at radius 3 is 1.45 bits per heavy atom. The molecule has 8 nitrogen and oxygen atoms in total. The van der Waals surface area contributed by atoms with Crippen molar-refractivity contribution in [2.24, 2.45) is 0 Å². The highest BCUT2D eigenvalue weighted by Gasteiger charge is 2.18. The van der Waals surface area contributed by atoms with Gasteiger partial charge in [0.25, 0.3) is 0 Å². The van der Waals surface area contributed by atoms with Gasteiger partial charge < -0.3 is 19.3 Å². The second-order valence-corrected chi connectivity index (χ2v) is 12.8. The molecule has 244 valence electrons. The van der Waals surface area contributed by atoms with Crippen LogP contribution in [0.25, 0.3) is 66.9 Å². The lowest BCUT2D eigenvalue weighted by molar-refractivity contribution is 0.480. The van der Waals surface area contributed by atoms with Crippen LogP contribution in [0.15, 0.2) is 97.1 Å². The Hall–Kier alpha value is -5.76. The van der Waals surface area contributed by atoms with Gasteiger partial charge in [0.1, 0.15) is 33.9 Å². The van der Waals surface area contributed by atoms with E-state index in [2.05, 4.69) is 59.4 Å². The second-order valence-electron chi connectivity index (χ2n) is 12.8. The normalized spacial score (nSPS) is 11.8. The maximum Gasteiger partial charge on any atom is 0.159 e. The van der Waals surface area contributed by atoms with Gasteiger partial charge in [-0.25, -0.2) is 19.9 Å². The smallest absolute Gasteiger partial charge is 0.159 e. The molecule has 0 aliphatic carbocycles. The summed E-state index contributed by atoms with van der Waals surface area (Å²) in [5.74, 6) is 1.97. The monoisotopic (exact) mass is 646 g/mol. The minimum Gasteiger partial charge on any atom is -0.506 e. The van der Waals surface area contributed by atoms with Crippen molar-refractivity contribution < 1.29 is 10.2 Å². The Labute approximate surface area is 284 Å². The number of nitrogens with zero attached hydrogens (tertiary/aromatic N) is 6. The first-order valence-electron chi connectivity index (χ1n) is 17.2. The van der Waals surface area contributed by atoms with Crippen molar-refractivity contribution in [3.8, 4) is 34.5 Å². The fourth-order valence-electron chi connectivity index (χ4n) is 6.79. The molecule has 4 aromatic carbocycles. The van der Waals surface area contributed by atoms with Gasteiger partial charge in [0.15, 0.2) is 11.6 Å². The molecule has 0 atom stereocenters. The van der Waals surface area contributed by atoms with Crippen LogP contribution in [0.5, 0.6) is 11.5 Å². The van der Waals surface area contributed by atoms with Crippen LogP contribution in [0.3, 0.4) is 0 Å². The Kier molecular flexibility index (Phi) is 7.92. The molecule has 4 heterocycles. The number of phenols is 2. The number of para-hydroxylation sites is 2. The summed E-state index contributed by atoms with van der Waals surface area (Å²) >= 11 is 0. The van der Waals surface area contributed by atoms with E-state index in [4.69, 9.17) is 19.9 Å². The van der Waals surface area contributed by atoms with Crippen LogP contribution >= 0.6 is 0 Å². The number of unbranched alkanes of at least 4 members (excludes halogenated alkanes) is 2. The minimum absolute atomic E-state index is 0.171. The molecule has 0 unspecified atom stereocenters. The van der Waals surface area contributed by atoms with Gasteiger partial charge in [-0.05, 0) is 78.9 Å². The van der Waals surface area contributed by atoms with Crippen molar-refractivity contribution in [3.05, 3.63) is 108 Å². The van der Waals surface area contributed by atoms with Gasteiger partial charge in [0, 0.05) is 23.9 Å². The number of aryl methyl sites for hydroxylation is 2. The van der Waals surface area contributed by atoms with Gasteiger partial charge in [-0.1, -0.05) is 75.2 Å². The molecular formula is C41H38N6O2. The summed E-state index contributed by atoms with van der Waals surface area (Å²) in [5, 5.41) is 22.8. The van der Waals surface area contributed by atoms with Gasteiger partial charge in [0.05, 0.1) is 22.1 Å². The average Bonchev–Trinajstić information content (AvgIpc) is 3.67. The molecule has 4 aromatic heterocycles. The molecule has 8 heteroatoms. The number of pyridine rings is 2. The molecule has 0 amide bonds. The Morgan fingerprint density at radius 2 is 1.00 bits per heavy atom. The minimum atomic E-state index is 0.171. The summed E-state index contributed by atoms with van der Waals surface area (Å²) in [6.07, 6.45) is 4.94. The summed E-state index contributed by atoms with van der Waals surface area (Å²) in [6.45, 7) is 6.07. The molecule has 0 bridgehead atoms. The lowest BCUT2D eigenvalue weighted by Gasteiger charge is -2.10. The molecule has 0 aliphatic heterocycles. The first kappa shape index (κ1) is 30.6. The largest absolute Gasteiger partial charge is 0.506 e. The van der Waals surface area contributed by atoms with E-state index in [1.807, 2.05) is 48.5 Å². The van der Waals surface area contributed by atoms with Crippen LogP contribution in [0.4, 0.5) is 0 Å². The van der Waals surface area contributed by atoms with Crippen LogP contribution < -0.4 is 0 Å². The fourth-order valence-corrected chi connectivity index (χ4v) is 6.79. The fraction of sp³-hybridized carbons (Fsp3) is 0.220. The quantitative estimate of drug-likeness (QED) is 0.154. The van der Waals surface area contributed by atoms with E-state index < -0.39 is 0 Å². The molecule has 49 heavy (non-hydrogen) atoms. The lowest BCUT2D eigenvalue weighted by Crippen LogP contribution is -2.02. The van der Waals surface area contributed by atoms with E-state index in [-0.39, 0.29) is 11.5 Å². The summed E-state index contributed by atoms with van der Waals surface area (Å²) in [7, 11) is 0. The molecule has 0 radical (unpaired) electrons. The van der Waals surface area contributed by atoms with Crippen molar-refractivity contribution in [3.63, 3.8) is 0 Å². The number of hydrogen-bond donors (Lipinski definition) is 2. The van der Waals surface area contributed by atoms with Crippen molar-refractivity contribution in [2.75, 3.05) is 0 Å². The van der Waals surface area contributed by atoms with Crippen molar-refractivity contribution in [1.29, 1.82) is 0 Å². The maximum absolute atomic E-state index is 10.5. The van der Waals surface area contributed by atoms with Gasteiger partial charge in [-0.15, -0.1) is 0 Å². The van der Waals surface area contributed by atoms with Crippen LogP contribution in [0, 0.1) is 0 Å². The van der Waals surface area contributed by atoms with Gasteiger partial charge in [-0.3, -0.25) is 0 Å². The van der Waals surface area contributed by atoms with E-state index in [0.29, 0.717) is 11.0 Å². The highest BCUT2D eigenvalue weighted by atomic mass is 16.3. The molecular weight excluding hydrogens is 608 g/mol. The first-order chi connectivity index (χ1) is 24.0. The average molecular weight is 647 g/mol. The number of imidazole rings is 2.